The zero-order valence-electron chi connectivity index (χ0n) is 9.03. The maximum atomic E-state index is 11.3. The van der Waals surface area contributed by atoms with Crippen LogP contribution in [0, 0.1) is 0 Å². The fourth-order valence-electron chi connectivity index (χ4n) is 1.32. The molecule has 0 heterocycles. The summed E-state index contributed by atoms with van der Waals surface area (Å²) in [5.74, 6) is 0. The van der Waals surface area contributed by atoms with Crippen molar-refractivity contribution in [2.24, 2.45) is 0 Å². The van der Waals surface area contributed by atoms with E-state index in [9.17, 15) is 4.79 Å². The minimum absolute atomic E-state index is 0.105. The summed E-state index contributed by atoms with van der Waals surface area (Å²) in [4.78, 5) is 12.8. The molecule has 0 aliphatic rings. The highest BCUT2D eigenvalue weighted by Gasteiger charge is 2.19. The Hall–Kier alpha value is -1.22. The van der Waals surface area contributed by atoms with Crippen molar-refractivity contribution in [3.05, 3.63) is 34.9 Å². The summed E-state index contributed by atoms with van der Waals surface area (Å²) in [6, 6.07) is 7.34. The number of carbonyl (C=O) groups is 1. The van der Waals surface area contributed by atoms with Crippen LogP contribution in [-0.2, 0) is 4.74 Å². The lowest BCUT2D eigenvalue weighted by molar-refractivity contribution is 0.120. The third kappa shape index (κ3) is 2.63. The van der Waals surface area contributed by atoms with Gasteiger partial charge in [0.2, 0.25) is 0 Å². The minimum Gasteiger partial charge on any atom is -0.453 e. The molecule has 0 aromatic heterocycles. The van der Waals surface area contributed by atoms with Crippen LogP contribution in [0.25, 0.3) is 0 Å². The second kappa shape index (κ2) is 5.03. The lowest BCUT2D eigenvalue weighted by Crippen LogP contribution is -2.29. The monoisotopic (exact) mass is 227 g/mol. The highest BCUT2D eigenvalue weighted by Crippen LogP contribution is 2.26. The van der Waals surface area contributed by atoms with E-state index in [0.29, 0.717) is 5.02 Å². The number of halogens is 1. The van der Waals surface area contributed by atoms with Crippen molar-refractivity contribution < 1.29 is 9.53 Å². The third-order valence-electron chi connectivity index (χ3n) is 2.40. The van der Waals surface area contributed by atoms with Crippen LogP contribution in [0.3, 0.4) is 0 Å². The number of nitrogens with zero attached hydrogens (tertiary/aromatic N) is 1. The van der Waals surface area contributed by atoms with E-state index in [-0.39, 0.29) is 12.1 Å². The predicted molar refractivity (Wildman–Crippen MR) is 60.0 cm³/mol. The van der Waals surface area contributed by atoms with Crippen molar-refractivity contribution in [1.29, 1.82) is 0 Å². The predicted octanol–water partition coefficient (Wildman–Crippen LogP) is 3.10. The number of methoxy groups -OCH3 is 1. The van der Waals surface area contributed by atoms with Crippen molar-refractivity contribution in [1.82, 2.24) is 4.90 Å². The van der Waals surface area contributed by atoms with Crippen LogP contribution in [0.1, 0.15) is 18.5 Å². The molecule has 0 bridgehead atoms. The molecule has 82 valence electrons. The molecule has 1 amide bonds. The van der Waals surface area contributed by atoms with Crippen LogP contribution in [0.15, 0.2) is 24.3 Å². The Bertz CT molecular complexity index is 354. The summed E-state index contributed by atoms with van der Waals surface area (Å²) >= 11 is 6.03. The van der Waals surface area contributed by atoms with Gasteiger partial charge in [0.25, 0.3) is 0 Å². The molecule has 1 aromatic carbocycles. The largest absolute Gasteiger partial charge is 0.453 e. The number of hydrogen-bond acceptors (Lipinski definition) is 2. The SMILES string of the molecule is COC(=O)N(C)C(C)c1ccccc1Cl. The highest BCUT2D eigenvalue weighted by molar-refractivity contribution is 6.31. The highest BCUT2D eigenvalue weighted by atomic mass is 35.5. The van der Waals surface area contributed by atoms with E-state index in [1.54, 1.807) is 13.1 Å². The van der Waals surface area contributed by atoms with Crippen LogP contribution in [0.4, 0.5) is 4.79 Å². The summed E-state index contributed by atoms with van der Waals surface area (Å²) in [7, 11) is 3.04. The van der Waals surface area contributed by atoms with Gasteiger partial charge in [-0.25, -0.2) is 4.79 Å². The van der Waals surface area contributed by atoms with Crippen molar-refractivity contribution in [3.63, 3.8) is 0 Å². The molecular weight excluding hydrogens is 214 g/mol. The lowest BCUT2D eigenvalue weighted by atomic mass is 10.1. The van der Waals surface area contributed by atoms with Crippen LogP contribution in [0.2, 0.25) is 5.02 Å². The first-order valence-electron chi connectivity index (χ1n) is 4.63. The Morgan fingerprint density at radius 3 is 2.60 bits per heavy atom. The summed E-state index contributed by atoms with van der Waals surface area (Å²) in [5, 5.41) is 0.653. The molecule has 4 heteroatoms. The molecule has 0 N–H and O–H groups in total. The molecule has 0 radical (unpaired) electrons. The van der Waals surface area contributed by atoms with E-state index in [4.69, 9.17) is 11.6 Å². The number of rotatable bonds is 2. The molecule has 15 heavy (non-hydrogen) atoms. The van der Waals surface area contributed by atoms with Gasteiger partial charge in [-0.15, -0.1) is 0 Å². The molecule has 0 spiro atoms. The topological polar surface area (TPSA) is 29.5 Å². The fourth-order valence-corrected chi connectivity index (χ4v) is 1.62. The van der Waals surface area contributed by atoms with Crippen molar-refractivity contribution in [2.75, 3.05) is 14.2 Å². The van der Waals surface area contributed by atoms with E-state index < -0.39 is 0 Å². The normalized spacial score (nSPS) is 12.0. The minimum atomic E-state index is -0.373. The third-order valence-corrected chi connectivity index (χ3v) is 2.74. The molecule has 1 atom stereocenters. The standard InChI is InChI=1S/C11H14ClNO2/c1-8(13(2)11(14)15-3)9-6-4-5-7-10(9)12/h4-8H,1-3H3. The Balaban J connectivity index is 2.89. The van der Waals surface area contributed by atoms with Crippen LogP contribution in [-0.4, -0.2) is 25.2 Å². The smallest absolute Gasteiger partial charge is 0.409 e. The number of hydrogen-bond donors (Lipinski definition) is 0. The summed E-state index contributed by atoms with van der Waals surface area (Å²) < 4.78 is 4.64. The fraction of sp³-hybridized carbons (Fsp3) is 0.364. The van der Waals surface area contributed by atoms with Crippen LogP contribution >= 0.6 is 11.6 Å². The molecule has 1 rings (SSSR count). The van der Waals surface area contributed by atoms with Gasteiger partial charge in [0.1, 0.15) is 0 Å². The number of carbonyl (C=O) groups excluding carboxylic acids is 1. The van der Waals surface area contributed by atoms with Gasteiger partial charge in [-0.2, -0.15) is 0 Å². The summed E-state index contributed by atoms with van der Waals surface area (Å²) in [6.45, 7) is 1.90. The van der Waals surface area contributed by atoms with E-state index >= 15 is 0 Å². The first-order valence-corrected chi connectivity index (χ1v) is 5.01. The number of amides is 1. The molecule has 0 saturated heterocycles. The van der Waals surface area contributed by atoms with Gasteiger partial charge < -0.3 is 9.64 Å². The van der Waals surface area contributed by atoms with Gasteiger partial charge in [-0.05, 0) is 18.6 Å². The van der Waals surface area contributed by atoms with E-state index in [1.807, 2.05) is 25.1 Å². The van der Waals surface area contributed by atoms with Gasteiger partial charge in [0.15, 0.2) is 0 Å². The Kier molecular flexibility index (Phi) is 3.97. The maximum Gasteiger partial charge on any atom is 0.409 e. The van der Waals surface area contributed by atoms with Gasteiger partial charge in [0.05, 0.1) is 13.2 Å². The number of benzene rings is 1. The second-order valence-corrected chi connectivity index (χ2v) is 3.69. The lowest BCUT2D eigenvalue weighted by Gasteiger charge is -2.24. The maximum absolute atomic E-state index is 11.3. The Morgan fingerprint density at radius 1 is 1.47 bits per heavy atom. The second-order valence-electron chi connectivity index (χ2n) is 3.28. The zero-order valence-corrected chi connectivity index (χ0v) is 9.78. The van der Waals surface area contributed by atoms with Gasteiger partial charge in [-0.3, -0.25) is 0 Å². The Morgan fingerprint density at radius 2 is 2.07 bits per heavy atom. The molecule has 1 unspecified atom stereocenters. The molecule has 1 aromatic rings. The van der Waals surface area contributed by atoms with Crippen LogP contribution < -0.4 is 0 Å². The van der Waals surface area contributed by atoms with Crippen molar-refractivity contribution in [2.45, 2.75) is 13.0 Å². The quantitative estimate of drug-likeness (QED) is 0.777. The first kappa shape index (κ1) is 11.9. The molecule has 0 aliphatic carbocycles. The molecule has 3 nitrogen and oxygen atoms in total. The van der Waals surface area contributed by atoms with E-state index in [0.717, 1.165) is 5.56 Å². The Labute approximate surface area is 94.6 Å². The van der Waals surface area contributed by atoms with Crippen LogP contribution in [0.5, 0.6) is 0 Å². The van der Waals surface area contributed by atoms with Gasteiger partial charge >= 0.3 is 6.09 Å². The summed E-state index contributed by atoms with van der Waals surface area (Å²) in [5.41, 5.74) is 0.909. The molecular formula is C11H14ClNO2. The average Bonchev–Trinajstić information content (AvgIpc) is 2.26. The van der Waals surface area contributed by atoms with E-state index in [1.165, 1.54) is 12.0 Å². The van der Waals surface area contributed by atoms with Crippen molar-refractivity contribution in [3.8, 4) is 0 Å². The van der Waals surface area contributed by atoms with E-state index in [2.05, 4.69) is 4.74 Å². The molecule has 0 saturated carbocycles. The molecule has 0 fully saturated rings. The zero-order chi connectivity index (χ0) is 11.4. The summed E-state index contributed by atoms with van der Waals surface area (Å²) in [6.07, 6.45) is -0.373. The average molecular weight is 228 g/mol. The van der Waals surface area contributed by atoms with Crippen molar-refractivity contribution >= 4 is 17.7 Å². The van der Waals surface area contributed by atoms with Gasteiger partial charge in [0, 0.05) is 12.1 Å². The van der Waals surface area contributed by atoms with Gasteiger partial charge in [-0.1, -0.05) is 29.8 Å². The molecule has 0 aliphatic heterocycles. The number of ether oxygens (including phenoxy) is 1. The first-order chi connectivity index (χ1) is 7.07.